The first-order chi connectivity index (χ1) is 15.9. The molecular formula is C26H27ClN2O4. The quantitative estimate of drug-likeness (QED) is 0.496. The standard InChI is InChI=1S/C26H27ClN2O4/c1-18(28-25(30)21-11-7-8-12-22(21)27)26(31)29(2)16-20-13-14-23(24(15-20)32-3)33-17-19-9-5-4-6-10-19/h4-15,18H,16-17H2,1-3H3,(H,28,30). The average molecular weight is 467 g/mol. The van der Waals surface area contributed by atoms with Crippen LogP contribution >= 0.6 is 11.6 Å². The van der Waals surface area contributed by atoms with Gasteiger partial charge < -0.3 is 19.7 Å². The van der Waals surface area contributed by atoms with Crippen molar-refractivity contribution < 1.29 is 19.1 Å². The van der Waals surface area contributed by atoms with Crippen LogP contribution in [0, 0.1) is 0 Å². The van der Waals surface area contributed by atoms with E-state index in [-0.39, 0.29) is 5.91 Å². The summed E-state index contributed by atoms with van der Waals surface area (Å²) in [4.78, 5) is 26.8. The van der Waals surface area contributed by atoms with Crippen molar-refractivity contribution >= 4 is 23.4 Å². The van der Waals surface area contributed by atoms with Crippen molar-refractivity contribution in [3.8, 4) is 11.5 Å². The molecule has 0 radical (unpaired) electrons. The monoisotopic (exact) mass is 466 g/mol. The molecule has 33 heavy (non-hydrogen) atoms. The molecule has 0 saturated heterocycles. The molecule has 0 heterocycles. The van der Waals surface area contributed by atoms with Crippen LogP contribution in [0.1, 0.15) is 28.4 Å². The Morgan fingerprint density at radius 2 is 1.67 bits per heavy atom. The van der Waals surface area contributed by atoms with Gasteiger partial charge in [0.2, 0.25) is 5.91 Å². The highest BCUT2D eigenvalue weighted by atomic mass is 35.5. The average Bonchev–Trinajstić information content (AvgIpc) is 2.83. The van der Waals surface area contributed by atoms with Gasteiger partial charge in [0.25, 0.3) is 5.91 Å². The maximum absolute atomic E-state index is 12.8. The minimum atomic E-state index is -0.714. The van der Waals surface area contributed by atoms with Gasteiger partial charge in [-0.05, 0) is 42.3 Å². The first kappa shape index (κ1) is 24.1. The lowest BCUT2D eigenvalue weighted by Gasteiger charge is -2.23. The Hall–Kier alpha value is -3.51. The number of nitrogens with one attached hydrogen (secondary N) is 1. The molecule has 0 aliphatic carbocycles. The van der Waals surface area contributed by atoms with Gasteiger partial charge in [0.1, 0.15) is 12.6 Å². The van der Waals surface area contributed by atoms with Gasteiger partial charge in [-0.2, -0.15) is 0 Å². The molecular weight excluding hydrogens is 440 g/mol. The Morgan fingerprint density at radius 1 is 0.970 bits per heavy atom. The molecule has 1 atom stereocenters. The maximum Gasteiger partial charge on any atom is 0.253 e. The molecule has 0 fully saturated rings. The number of rotatable bonds is 9. The normalized spacial score (nSPS) is 11.4. The Balaban J connectivity index is 1.60. The molecule has 1 unspecified atom stereocenters. The molecule has 0 saturated carbocycles. The molecule has 1 N–H and O–H groups in total. The third-order valence-electron chi connectivity index (χ3n) is 5.10. The molecule has 2 amide bonds. The van der Waals surface area contributed by atoms with Crippen molar-refractivity contribution in [3.05, 3.63) is 94.5 Å². The van der Waals surface area contributed by atoms with Crippen molar-refractivity contribution in [2.24, 2.45) is 0 Å². The van der Waals surface area contributed by atoms with Crippen molar-refractivity contribution in [1.29, 1.82) is 0 Å². The van der Waals surface area contributed by atoms with Crippen LogP contribution in [0.2, 0.25) is 5.02 Å². The summed E-state index contributed by atoms with van der Waals surface area (Å²) in [6, 6.07) is 21.4. The van der Waals surface area contributed by atoms with Gasteiger partial charge in [-0.25, -0.2) is 0 Å². The molecule has 3 rings (SSSR count). The number of benzene rings is 3. The minimum absolute atomic E-state index is 0.223. The van der Waals surface area contributed by atoms with E-state index >= 15 is 0 Å². The van der Waals surface area contributed by atoms with E-state index in [9.17, 15) is 9.59 Å². The van der Waals surface area contributed by atoms with E-state index in [0.29, 0.717) is 35.2 Å². The minimum Gasteiger partial charge on any atom is -0.493 e. The molecule has 3 aromatic carbocycles. The van der Waals surface area contributed by atoms with Crippen LogP contribution in [0.5, 0.6) is 11.5 Å². The van der Waals surface area contributed by atoms with Gasteiger partial charge in [-0.3, -0.25) is 9.59 Å². The summed E-state index contributed by atoms with van der Waals surface area (Å²) in [6.45, 7) is 2.42. The zero-order chi connectivity index (χ0) is 23.8. The fourth-order valence-electron chi connectivity index (χ4n) is 3.33. The lowest BCUT2D eigenvalue weighted by Crippen LogP contribution is -2.45. The van der Waals surface area contributed by atoms with Gasteiger partial charge >= 0.3 is 0 Å². The molecule has 0 aliphatic heterocycles. The van der Waals surface area contributed by atoms with E-state index in [1.807, 2.05) is 48.5 Å². The number of halogens is 1. The Labute approximate surface area is 199 Å². The predicted molar refractivity (Wildman–Crippen MR) is 129 cm³/mol. The summed E-state index contributed by atoms with van der Waals surface area (Å²) >= 11 is 6.07. The summed E-state index contributed by atoms with van der Waals surface area (Å²) in [5.74, 6) is 0.596. The molecule has 3 aromatic rings. The van der Waals surface area contributed by atoms with Crippen molar-refractivity contribution in [2.45, 2.75) is 26.1 Å². The number of ether oxygens (including phenoxy) is 2. The number of hydrogen-bond acceptors (Lipinski definition) is 4. The SMILES string of the molecule is COc1cc(CN(C)C(=O)C(C)NC(=O)c2ccccc2Cl)ccc1OCc1ccccc1. The maximum atomic E-state index is 12.8. The lowest BCUT2D eigenvalue weighted by atomic mass is 10.1. The van der Waals surface area contributed by atoms with E-state index in [1.54, 1.807) is 50.2 Å². The first-order valence-corrected chi connectivity index (χ1v) is 10.9. The highest BCUT2D eigenvalue weighted by molar-refractivity contribution is 6.33. The number of amides is 2. The Kier molecular flexibility index (Phi) is 8.33. The zero-order valence-electron chi connectivity index (χ0n) is 18.9. The third-order valence-corrected chi connectivity index (χ3v) is 5.43. The Morgan fingerprint density at radius 3 is 2.36 bits per heavy atom. The summed E-state index contributed by atoms with van der Waals surface area (Å²) in [6.07, 6.45) is 0. The van der Waals surface area contributed by atoms with Gasteiger partial charge in [0.05, 0.1) is 17.7 Å². The van der Waals surface area contributed by atoms with Crippen LogP contribution in [-0.2, 0) is 17.9 Å². The molecule has 0 spiro atoms. The van der Waals surface area contributed by atoms with Crippen LogP contribution in [0.25, 0.3) is 0 Å². The van der Waals surface area contributed by atoms with Gasteiger partial charge in [-0.15, -0.1) is 0 Å². The number of nitrogens with zero attached hydrogens (tertiary/aromatic N) is 1. The summed E-state index contributed by atoms with van der Waals surface area (Å²) in [5.41, 5.74) is 2.26. The largest absolute Gasteiger partial charge is 0.493 e. The van der Waals surface area contributed by atoms with E-state index in [0.717, 1.165) is 11.1 Å². The lowest BCUT2D eigenvalue weighted by molar-refractivity contribution is -0.132. The van der Waals surface area contributed by atoms with E-state index < -0.39 is 11.9 Å². The summed E-state index contributed by atoms with van der Waals surface area (Å²) < 4.78 is 11.4. The highest BCUT2D eigenvalue weighted by Gasteiger charge is 2.21. The van der Waals surface area contributed by atoms with Gasteiger partial charge in [-0.1, -0.05) is 60.1 Å². The van der Waals surface area contributed by atoms with Gasteiger partial charge in [0, 0.05) is 13.6 Å². The van der Waals surface area contributed by atoms with Crippen LogP contribution in [0.4, 0.5) is 0 Å². The Bertz CT molecular complexity index is 1100. The second kappa shape index (κ2) is 11.4. The number of carbonyl (C=O) groups excluding carboxylic acids is 2. The fourth-order valence-corrected chi connectivity index (χ4v) is 3.55. The van der Waals surface area contributed by atoms with Gasteiger partial charge in [0.15, 0.2) is 11.5 Å². The summed E-state index contributed by atoms with van der Waals surface area (Å²) in [7, 11) is 3.27. The number of methoxy groups -OCH3 is 1. The van der Waals surface area contributed by atoms with Crippen molar-refractivity contribution in [2.75, 3.05) is 14.2 Å². The summed E-state index contributed by atoms with van der Waals surface area (Å²) in [5, 5.41) is 3.05. The van der Waals surface area contributed by atoms with E-state index in [1.165, 1.54) is 0 Å². The van der Waals surface area contributed by atoms with Crippen molar-refractivity contribution in [3.63, 3.8) is 0 Å². The van der Waals surface area contributed by atoms with Crippen LogP contribution in [0.15, 0.2) is 72.8 Å². The van der Waals surface area contributed by atoms with Crippen LogP contribution < -0.4 is 14.8 Å². The topological polar surface area (TPSA) is 67.9 Å². The first-order valence-electron chi connectivity index (χ1n) is 10.5. The van der Waals surface area contributed by atoms with Crippen molar-refractivity contribution in [1.82, 2.24) is 10.2 Å². The molecule has 0 aromatic heterocycles. The second-order valence-electron chi connectivity index (χ2n) is 7.63. The molecule has 0 aliphatic rings. The molecule has 172 valence electrons. The molecule has 6 nitrogen and oxygen atoms in total. The predicted octanol–water partition coefficient (Wildman–Crippen LogP) is 4.70. The molecule has 7 heteroatoms. The van der Waals surface area contributed by atoms with Crippen LogP contribution in [0.3, 0.4) is 0 Å². The van der Waals surface area contributed by atoms with Crippen LogP contribution in [-0.4, -0.2) is 36.9 Å². The van der Waals surface area contributed by atoms with E-state index in [4.69, 9.17) is 21.1 Å². The highest BCUT2D eigenvalue weighted by Crippen LogP contribution is 2.29. The second-order valence-corrected chi connectivity index (χ2v) is 8.04. The fraction of sp³-hybridized carbons (Fsp3) is 0.231. The smallest absolute Gasteiger partial charge is 0.253 e. The number of likely N-dealkylation sites (N-methyl/N-ethyl adjacent to an activating group) is 1. The third kappa shape index (κ3) is 6.49. The number of carbonyl (C=O) groups is 2. The molecule has 0 bridgehead atoms. The number of hydrogen-bond donors (Lipinski definition) is 1. The van der Waals surface area contributed by atoms with E-state index in [2.05, 4.69) is 5.32 Å². The zero-order valence-corrected chi connectivity index (χ0v) is 19.6.